The van der Waals surface area contributed by atoms with Crippen molar-refractivity contribution in [2.75, 3.05) is 26.2 Å². The van der Waals surface area contributed by atoms with E-state index in [1.807, 2.05) is 18.3 Å². The molecule has 0 saturated carbocycles. The molecule has 3 heterocycles. The van der Waals surface area contributed by atoms with Crippen LogP contribution in [0.2, 0.25) is 0 Å². The first-order valence-corrected chi connectivity index (χ1v) is 8.69. The van der Waals surface area contributed by atoms with Gasteiger partial charge in [-0.15, -0.1) is 10.2 Å². The van der Waals surface area contributed by atoms with Gasteiger partial charge in [0.2, 0.25) is 11.8 Å². The van der Waals surface area contributed by atoms with Gasteiger partial charge in [-0.25, -0.2) is 4.39 Å². The lowest BCUT2D eigenvalue weighted by Gasteiger charge is -2.33. The Balaban J connectivity index is 1.30. The maximum absolute atomic E-state index is 13.0. The van der Waals surface area contributed by atoms with Crippen molar-refractivity contribution < 1.29 is 8.81 Å². The topological polar surface area (TPSA) is 58.3 Å². The third-order valence-electron chi connectivity index (χ3n) is 4.49. The maximum atomic E-state index is 13.0. The Morgan fingerprint density at radius 3 is 2.31 bits per heavy atom. The normalized spacial score (nSPS) is 16.0. The lowest BCUT2D eigenvalue weighted by atomic mass is 10.2. The van der Waals surface area contributed by atoms with Crippen LogP contribution in [0.5, 0.6) is 0 Å². The number of rotatable bonds is 5. The van der Waals surface area contributed by atoms with E-state index in [4.69, 9.17) is 4.42 Å². The first-order chi connectivity index (χ1) is 12.8. The van der Waals surface area contributed by atoms with Gasteiger partial charge in [0.25, 0.3) is 0 Å². The van der Waals surface area contributed by atoms with Crippen molar-refractivity contribution in [3.8, 4) is 11.5 Å². The summed E-state index contributed by atoms with van der Waals surface area (Å²) < 4.78 is 18.7. The highest BCUT2D eigenvalue weighted by Crippen LogP contribution is 2.19. The number of nitrogens with zero attached hydrogens (tertiary/aromatic N) is 5. The summed E-state index contributed by atoms with van der Waals surface area (Å²) in [7, 11) is 0. The maximum Gasteiger partial charge on any atom is 0.247 e. The van der Waals surface area contributed by atoms with Crippen LogP contribution in [0, 0.1) is 5.82 Å². The second-order valence-corrected chi connectivity index (χ2v) is 6.38. The molecule has 2 aromatic heterocycles. The van der Waals surface area contributed by atoms with E-state index in [2.05, 4.69) is 31.0 Å². The number of pyridine rings is 1. The van der Waals surface area contributed by atoms with Crippen LogP contribution in [0.25, 0.3) is 11.5 Å². The van der Waals surface area contributed by atoms with Gasteiger partial charge < -0.3 is 4.42 Å². The molecule has 4 rings (SSSR count). The first kappa shape index (κ1) is 16.8. The number of hydrogen-bond donors (Lipinski definition) is 0. The Bertz CT molecular complexity index is 829. The van der Waals surface area contributed by atoms with E-state index in [0.717, 1.165) is 44.0 Å². The number of hydrogen-bond acceptors (Lipinski definition) is 6. The molecule has 7 heteroatoms. The summed E-state index contributed by atoms with van der Waals surface area (Å²) in [6, 6.07) is 12.1. The summed E-state index contributed by atoms with van der Waals surface area (Å²) in [5.74, 6) is 0.730. The van der Waals surface area contributed by atoms with Gasteiger partial charge in [0.05, 0.1) is 12.2 Å². The van der Waals surface area contributed by atoms with Gasteiger partial charge in [0.15, 0.2) is 0 Å². The molecule has 0 bridgehead atoms. The van der Waals surface area contributed by atoms with Gasteiger partial charge in [0.1, 0.15) is 5.82 Å². The summed E-state index contributed by atoms with van der Waals surface area (Å²) in [6.45, 7) is 5.36. The minimum Gasteiger partial charge on any atom is -0.419 e. The molecule has 6 nitrogen and oxygen atoms in total. The minimum absolute atomic E-state index is 0.280. The first-order valence-electron chi connectivity index (χ1n) is 8.69. The number of piperazine rings is 1. The summed E-state index contributed by atoms with van der Waals surface area (Å²) in [4.78, 5) is 9.09. The molecule has 0 aliphatic carbocycles. The largest absolute Gasteiger partial charge is 0.419 e. The fourth-order valence-electron chi connectivity index (χ4n) is 3.04. The Hall–Kier alpha value is -2.64. The highest BCUT2D eigenvalue weighted by Gasteiger charge is 2.19. The molecule has 3 aromatic rings. The van der Waals surface area contributed by atoms with Crippen molar-refractivity contribution in [2.24, 2.45) is 0 Å². The summed E-state index contributed by atoms with van der Waals surface area (Å²) >= 11 is 0. The predicted octanol–water partition coefficient (Wildman–Crippen LogP) is 2.59. The quantitative estimate of drug-likeness (QED) is 0.703. The minimum atomic E-state index is -0.280. The molecular formula is C19H20FN5O. The van der Waals surface area contributed by atoms with Crippen LogP contribution >= 0.6 is 0 Å². The van der Waals surface area contributed by atoms with E-state index in [9.17, 15) is 4.39 Å². The Kier molecular flexibility index (Phi) is 4.99. The third-order valence-corrected chi connectivity index (χ3v) is 4.49. The van der Waals surface area contributed by atoms with Crippen LogP contribution < -0.4 is 0 Å². The number of benzene rings is 1. The third kappa shape index (κ3) is 4.12. The van der Waals surface area contributed by atoms with Gasteiger partial charge in [-0.3, -0.25) is 14.8 Å². The molecule has 0 spiro atoms. The van der Waals surface area contributed by atoms with Crippen LogP contribution in [-0.4, -0.2) is 51.2 Å². The molecule has 134 valence electrons. The Labute approximate surface area is 151 Å². The lowest BCUT2D eigenvalue weighted by molar-refractivity contribution is 0.113. The van der Waals surface area contributed by atoms with Crippen molar-refractivity contribution in [1.82, 2.24) is 25.0 Å². The molecule has 0 atom stereocenters. The van der Waals surface area contributed by atoms with E-state index >= 15 is 0 Å². The van der Waals surface area contributed by atoms with Gasteiger partial charge >= 0.3 is 0 Å². The monoisotopic (exact) mass is 353 g/mol. The van der Waals surface area contributed by atoms with Gasteiger partial charge in [0, 0.05) is 44.5 Å². The van der Waals surface area contributed by atoms with Crippen molar-refractivity contribution in [1.29, 1.82) is 0 Å². The van der Waals surface area contributed by atoms with Gasteiger partial charge in [-0.1, -0.05) is 6.07 Å². The van der Waals surface area contributed by atoms with Crippen LogP contribution in [-0.2, 0) is 13.1 Å². The molecule has 1 aromatic carbocycles. The number of halogens is 1. The molecule has 0 amide bonds. The highest BCUT2D eigenvalue weighted by atomic mass is 19.1. The summed E-state index contributed by atoms with van der Waals surface area (Å²) in [5, 5.41) is 8.19. The standard InChI is InChI=1S/C19H20FN5O/c20-16-6-4-15(5-7-16)19-23-22-18(26-19)14-25-11-9-24(10-12-25)13-17-3-1-2-8-21-17/h1-8H,9-14H2. The van der Waals surface area contributed by atoms with Gasteiger partial charge in [-0.05, 0) is 36.4 Å². The van der Waals surface area contributed by atoms with Crippen molar-refractivity contribution in [3.63, 3.8) is 0 Å². The molecule has 26 heavy (non-hydrogen) atoms. The average molecular weight is 353 g/mol. The smallest absolute Gasteiger partial charge is 0.247 e. The van der Waals surface area contributed by atoms with E-state index in [-0.39, 0.29) is 5.82 Å². The average Bonchev–Trinajstić information content (AvgIpc) is 3.13. The molecular weight excluding hydrogens is 333 g/mol. The number of aromatic nitrogens is 3. The van der Waals surface area contributed by atoms with E-state index in [0.29, 0.717) is 18.3 Å². The van der Waals surface area contributed by atoms with Crippen LogP contribution in [0.15, 0.2) is 53.1 Å². The van der Waals surface area contributed by atoms with Gasteiger partial charge in [-0.2, -0.15) is 0 Å². The van der Waals surface area contributed by atoms with Crippen molar-refractivity contribution >= 4 is 0 Å². The van der Waals surface area contributed by atoms with Crippen LogP contribution in [0.1, 0.15) is 11.6 Å². The SMILES string of the molecule is Fc1ccc(-c2nnc(CN3CCN(Cc4ccccn4)CC3)o2)cc1. The zero-order chi connectivity index (χ0) is 17.8. The molecule has 0 unspecified atom stereocenters. The van der Waals surface area contributed by atoms with E-state index in [1.165, 1.54) is 12.1 Å². The molecule has 1 aliphatic heterocycles. The predicted molar refractivity (Wildman–Crippen MR) is 94.5 cm³/mol. The summed E-state index contributed by atoms with van der Waals surface area (Å²) in [6.07, 6.45) is 1.83. The second kappa shape index (κ2) is 7.72. The molecule has 0 N–H and O–H groups in total. The molecule has 1 saturated heterocycles. The molecule has 1 fully saturated rings. The van der Waals surface area contributed by atoms with E-state index in [1.54, 1.807) is 12.1 Å². The van der Waals surface area contributed by atoms with E-state index < -0.39 is 0 Å². The zero-order valence-electron chi connectivity index (χ0n) is 14.4. The zero-order valence-corrected chi connectivity index (χ0v) is 14.4. The van der Waals surface area contributed by atoms with Crippen LogP contribution in [0.4, 0.5) is 4.39 Å². The summed E-state index contributed by atoms with van der Waals surface area (Å²) in [5.41, 5.74) is 1.83. The molecule has 1 aliphatic rings. The fourth-order valence-corrected chi connectivity index (χ4v) is 3.04. The second-order valence-electron chi connectivity index (χ2n) is 6.38. The van der Waals surface area contributed by atoms with Crippen LogP contribution in [0.3, 0.4) is 0 Å². The Morgan fingerprint density at radius 2 is 1.62 bits per heavy atom. The Morgan fingerprint density at radius 1 is 0.885 bits per heavy atom. The lowest BCUT2D eigenvalue weighted by Crippen LogP contribution is -2.45. The van der Waals surface area contributed by atoms with Crippen molar-refractivity contribution in [3.05, 3.63) is 66.1 Å². The van der Waals surface area contributed by atoms with Crippen molar-refractivity contribution in [2.45, 2.75) is 13.1 Å². The molecule has 0 radical (unpaired) electrons. The fraction of sp³-hybridized carbons (Fsp3) is 0.316. The highest BCUT2D eigenvalue weighted by molar-refractivity contribution is 5.51.